The van der Waals surface area contributed by atoms with Gasteiger partial charge in [0.1, 0.15) is 0 Å². The third-order valence-corrected chi connectivity index (χ3v) is 3.05. The normalized spacial score (nSPS) is 15.7. The van der Waals surface area contributed by atoms with Gasteiger partial charge in [-0.2, -0.15) is 0 Å². The number of carbonyl (C=O) groups is 1. The molecular weight excluding hydrogens is 299 g/mol. The Labute approximate surface area is 157 Å². The van der Waals surface area contributed by atoms with Gasteiger partial charge in [0.15, 0.2) is 0 Å². The molecule has 2 N–H and O–H groups in total. The number of rotatable bonds is 3. The average Bonchev–Trinajstić information content (AvgIpc) is 2.38. The summed E-state index contributed by atoms with van der Waals surface area (Å²) in [4.78, 5) is 12.7. The van der Waals surface area contributed by atoms with Gasteiger partial charge in [0.2, 0.25) is 0 Å². The van der Waals surface area contributed by atoms with Crippen molar-refractivity contribution in [1.29, 1.82) is 0 Å². The number of carboxylic acids is 1. The van der Waals surface area contributed by atoms with Crippen molar-refractivity contribution in [3.63, 3.8) is 0 Å². The Hall–Kier alpha value is -0.0587. The quantitative estimate of drug-likeness (QED) is 0.625. The summed E-state index contributed by atoms with van der Waals surface area (Å²) in [5, 5.41) is 12.0. The van der Waals surface area contributed by atoms with Crippen LogP contribution >= 0.6 is 0 Å². The van der Waals surface area contributed by atoms with Crippen molar-refractivity contribution in [2.75, 3.05) is 31.1 Å². The number of piperazine rings is 1. The maximum Gasteiger partial charge on any atom is 1.00 e. The van der Waals surface area contributed by atoms with E-state index in [2.05, 4.69) is 5.32 Å². The zero-order valence-electron chi connectivity index (χ0n) is 11.1. The molecular formula is C11H13BF3KN2O2. The molecule has 0 bridgehead atoms. The molecule has 9 heteroatoms. The number of nitrogens with one attached hydrogen (secondary N) is 1. The molecule has 20 heavy (non-hydrogen) atoms. The second kappa shape index (κ2) is 7.28. The van der Waals surface area contributed by atoms with Gasteiger partial charge >= 0.3 is 64.3 Å². The van der Waals surface area contributed by atoms with Crippen molar-refractivity contribution in [3.8, 4) is 0 Å². The molecule has 0 aliphatic carbocycles. The van der Waals surface area contributed by atoms with E-state index >= 15 is 0 Å². The molecule has 4 nitrogen and oxygen atoms in total. The summed E-state index contributed by atoms with van der Waals surface area (Å²) in [6, 6.07) is 3.00. The average molecular weight is 312 g/mol. The number of hydrogen-bond donors (Lipinski definition) is 2. The summed E-state index contributed by atoms with van der Waals surface area (Å²) in [6.07, 6.45) is 0. The molecule has 0 aromatic heterocycles. The van der Waals surface area contributed by atoms with Crippen LogP contribution in [0.2, 0.25) is 0 Å². The number of hydrogen-bond acceptors (Lipinski definition) is 3. The van der Waals surface area contributed by atoms with Crippen molar-refractivity contribution < 1.29 is 74.2 Å². The molecule has 0 saturated carbocycles. The predicted molar refractivity (Wildman–Crippen MR) is 67.2 cm³/mol. The first-order valence-electron chi connectivity index (χ1n) is 5.92. The number of carboxylic acid groups (broad SMARTS) is 1. The fourth-order valence-electron chi connectivity index (χ4n) is 2.05. The van der Waals surface area contributed by atoms with E-state index in [0.29, 0.717) is 37.9 Å². The molecule has 0 atom stereocenters. The van der Waals surface area contributed by atoms with Crippen LogP contribution in [0.1, 0.15) is 10.4 Å². The first-order valence-corrected chi connectivity index (χ1v) is 5.92. The van der Waals surface area contributed by atoms with Gasteiger partial charge in [-0.05, 0) is 6.07 Å². The van der Waals surface area contributed by atoms with Crippen molar-refractivity contribution in [3.05, 3.63) is 23.8 Å². The zero-order valence-corrected chi connectivity index (χ0v) is 14.2. The summed E-state index contributed by atoms with van der Waals surface area (Å²) in [7, 11) is 0. The Morgan fingerprint density at radius 1 is 1.20 bits per heavy atom. The van der Waals surface area contributed by atoms with Gasteiger partial charge in [0.05, 0.1) is 5.56 Å². The van der Waals surface area contributed by atoms with Gasteiger partial charge in [-0.1, -0.05) is 12.1 Å². The molecule has 0 radical (unpaired) electrons. The van der Waals surface area contributed by atoms with E-state index in [0.717, 1.165) is 6.07 Å². The maximum atomic E-state index is 12.8. The number of halogens is 3. The van der Waals surface area contributed by atoms with Crippen LogP contribution in [0.5, 0.6) is 0 Å². The summed E-state index contributed by atoms with van der Waals surface area (Å²) in [6.45, 7) is -2.74. The third kappa shape index (κ3) is 4.47. The van der Waals surface area contributed by atoms with Crippen LogP contribution in [0.15, 0.2) is 18.2 Å². The Morgan fingerprint density at radius 2 is 1.80 bits per heavy atom. The van der Waals surface area contributed by atoms with Crippen molar-refractivity contribution >= 4 is 24.1 Å². The SMILES string of the molecule is O=C(O)c1cc(N2CCNCC2)cc([B-](F)(F)F)c1.[K+]. The number of anilines is 1. The van der Waals surface area contributed by atoms with E-state index in [9.17, 15) is 17.7 Å². The molecule has 1 aliphatic rings. The second-order valence-electron chi connectivity index (χ2n) is 4.43. The fourth-order valence-corrected chi connectivity index (χ4v) is 2.05. The standard InChI is InChI=1S/C11H13BF3N2O2.K/c13-12(14,15)9-5-8(11(18)19)6-10(7-9)17-3-1-16-2-4-17;/h5-7,16H,1-4H2,(H,18,19);/q-1;+1. The molecule has 1 heterocycles. The first kappa shape index (κ1) is 18.0. The number of aromatic carboxylic acids is 1. The molecule has 0 spiro atoms. The van der Waals surface area contributed by atoms with E-state index in [1.54, 1.807) is 4.90 Å². The van der Waals surface area contributed by atoms with E-state index in [4.69, 9.17) is 5.11 Å². The van der Waals surface area contributed by atoms with E-state index < -0.39 is 18.4 Å². The summed E-state index contributed by atoms with van der Waals surface area (Å²) < 4.78 is 38.5. The largest absolute Gasteiger partial charge is 1.00 e. The second-order valence-corrected chi connectivity index (χ2v) is 4.43. The number of benzene rings is 1. The molecule has 1 aromatic carbocycles. The van der Waals surface area contributed by atoms with Gasteiger partial charge in [-0.3, -0.25) is 0 Å². The van der Waals surface area contributed by atoms with Crippen LogP contribution in [0.25, 0.3) is 0 Å². The molecule has 1 aromatic rings. The maximum absolute atomic E-state index is 12.8. The van der Waals surface area contributed by atoms with Crippen LogP contribution in [0, 0.1) is 0 Å². The zero-order chi connectivity index (χ0) is 14.0. The Balaban J connectivity index is 0.00000200. The fraction of sp³-hybridized carbons (Fsp3) is 0.364. The predicted octanol–water partition coefficient (Wildman–Crippen LogP) is -2.15. The smallest absolute Gasteiger partial charge is 0.478 e. The van der Waals surface area contributed by atoms with Gasteiger partial charge in [0, 0.05) is 31.9 Å². The van der Waals surface area contributed by atoms with Gasteiger partial charge in [0.25, 0.3) is 0 Å². The Bertz CT molecular complexity index is 493. The molecule has 0 amide bonds. The van der Waals surface area contributed by atoms with Gasteiger partial charge < -0.3 is 28.3 Å². The van der Waals surface area contributed by atoms with Crippen LogP contribution < -0.4 is 67.1 Å². The van der Waals surface area contributed by atoms with E-state index in [-0.39, 0.29) is 56.9 Å². The van der Waals surface area contributed by atoms with Crippen molar-refractivity contribution in [2.45, 2.75) is 0 Å². The molecule has 2 rings (SSSR count). The topological polar surface area (TPSA) is 52.6 Å². The molecule has 1 aliphatic heterocycles. The molecule has 1 fully saturated rings. The minimum atomic E-state index is -5.21. The minimum Gasteiger partial charge on any atom is -0.478 e. The van der Waals surface area contributed by atoms with E-state index in [1.165, 1.54) is 6.07 Å². The van der Waals surface area contributed by atoms with Crippen LogP contribution in [-0.4, -0.2) is 44.2 Å². The first-order chi connectivity index (χ1) is 8.88. The van der Waals surface area contributed by atoms with Crippen molar-refractivity contribution in [1.82, 2.24) is 5.32 Å². The van der Waals surface area contributed by atoms with Crippen LogP contribution in [0.3, 0.4) is 0 Å². The number of nitrogens with zero attached hydrogens (tertiary/aromatic N) is 1. The minimum absolute atomic E-state index is 0. The summed E-state index contributed by atoms with van der Waals surface area (Å²) >= 11 is 0. The summed E-state index contributed by atoms with van der Waals surface area (Å²) in [5.41, 5.74) is -0.880. The van der Waals surface area contributed by atoms with Crippen LogP contribution in [0.4, 0.5) is 18.6 Å². The van der Waals surface area contributed by atoms with Gasteiger partial charge in [-0.15, -0.1) is 5.46 Å². The van der Waals surface area contributed by atoms with Gasteiger partial charge in [-0.25, -0.2) is 4.79 Å². The third-order valence-electron chi connectivity index (χ3n) is 3.05. The Kier molecular flexibility index (Phi) is 6.55. The van der Waals surface area contributed by atoms with Crippen LogP contribution in [-0.2, 0) is 0 Å². The molecule has 1 saturated heterocycles. The monoisotopic (exact) mass is 312 g/mol. The molecule has 0 unspecified atom stereocenters. The molecule has 104 valence electrons. The Morgan fingerprint density at radius 3 is 2.30 bits per heavy atom. The summed E-state index contributed by atoms with van der Waals surface area (Å²) in [5.74, 6) is -1.35. The van der Waals surface area contributed by atoms with E-state index in [1.807, 2.05) is 0 Å². The van der Waals surface area contributed by atoms with Crippen molar-refractivity contribution in [2.24, 2.45) is 0 Å².